The fourth-order valence-corrected chi connectivity index (χ4v) is 3.55. The smallest absolute Gasteiger partial charge is 0.274 e. The van der Waals surface area contributed by atoms with E-state index < -0.39 is 0 Å². The average Bonchev–Trinajstić information content (AvgIpc) is 2.85. The molecule has 0 unspecified atom stereocenters. The molecule has 164 valence electrons. The number of pyridine rings is 1. The van der Waals surface area contributed by atoms with E-state index in [0.29, 0.717) is 36.0 Å². The first-order chi connectivity index (χ1) is 16.1. The van der Waals surface area contributed by atoms with Crippen LogP contribution in [-0.2, 0) is 13.0 Å². The molecule has 8 nitrogen and oxygen atoms in total. The number of fused-ring (bicyclic) bond motifs is 1. The third-order valence-electron chi connectivity index (χ3n) is 5.26. The number of benzene rings is 1. The van der Waals surface area contributed by atoms with Crippen molar-refractivity contribution < 1.29 is 13.9 Å². The van der Waals surface area contributed by atoms with Crippen LogP contribution in [0.2, 0.25) is 0 Å². The molecule has 0 saturated heterocycles. The van der Waals surface area contributed by atoms with E-state index in [0.717, 1.165) is 17.0 Å². The summed E-state index contributed by atoms with van der Waals surface area (Å²) in [4.78, 5) is 36.5. The maximum absolute atomic E-state index is 13.4. The minimum absolute atomic E-state index is 0.225. The number of carbonyl (C=O) groups excluding carboxylic acids is 1. The second kappa shape index (κ2) is 8.70. The summed E-state index contributed by atoms with van der Waals surface area (Å²) in [6.07, 6.45) is 6.92. The van der Waals surface area contributed by atoms with Gasteiger partial charge in [0.1, 0.15) is 17.3 Å². The average molecular weight is 442 g/mol. The van der Waals surface area contributed by atoms with Crippen molar-refractivity contribution in [3.63, 3.8) is 0 Å². The molecule has 5 rings (SSSR count). The Hall–Kier alpha value is -4.27. The van der Waals surface area contributed by atoms with E-state index in [1.165, 1.54) is 30.5 Å². The molecule has 1 aliphatic rings. The largest absolute Gasteiger partial charge is 0.439 e. The molecule has 4 aromatic rings. The van der Waals surface area contributed by atoms with E-state index in [9.17, 15) is 9.18 Å². The Morgan fingerprint density at radius 2 is 1.91 bits per heavy atom. The van der Waals surface area contributed by atoms with Crippen LogP contribution in [0.25, 0.3) is 11.4 Å². The number of nitrogens with zero attached hydrogens (tertiary/aromatic N) is 6. The molecule has 0 atom stereocenters. The van der Waals surface area contributed by atoms with E-state index in [2.05, 4.69) is 19.9 Å². The van der Waals surface area contributed by atoms with Crippen LogP contribution in [0.1, 0.15) is 27.4 Å². The van der Waals surface area contributed by atoms with Crippen molar-refractivity contribution in [1.82, 2.24) is 29.8 Å². The minimum atomic E-state index is -0.362. The van der Waals surface area contributed by atoms with Crippen molar-refractivity contribution in [3.05, 3.63) is 89.6 Å². The van der Waals surface area contributed by atoms with E-state index in [-0.39, 0.29) is 24.0 Å². The van der Waals surface area contributed by atoms with Crippen LogP contribution in [0.15, 0.2) is 61.2 Å². The summed E-state index contributed by atoms with van der Waals surface area (Å²) in [7, 11) is 0. The Labute approximate surface area is 189 Å². The Bertz CT molecular complexity index is 1300. The Balaban J connectivity index is 1.51. The predicted molar refractivity (Wildman–Crippen MR) is 117 cm³/mol. The highest BCUT2D eigenvalue weighted by atomic mass is 19.1. The number of hydrogen-bond acceptors (Lipinski definition) is 7. The molecule has 3 aromatic heterocycles. The van der Waals surface area contributed by atoms with Gasteiger partial charge in [0, 0.05) is 37.1 Å². The van der Waals surface area contributed by atoms with Gasteiger partial charge in [-0.05, 0) is 43.3 Å². The van der Waals surface area contributed by atoms with E-state index >= 15 is 0 Å². The van der Waals surface area contributed by atoms with Crippen molar-refractivity contribution in [3.8, 4) is 23.0 Å². The van der Waals surface area contributed by atoms with E-state index in [1.54, 1.807) is 23.5 Å². The highest BCUT2D eigenvalue weighted by Gasteiger charge is 2.28. The SMILES string of the molecule is Cc1cnc(C(=O)N2CCc3nc(-c4cccnc4)nc(Oc4ccc(F)cc4)c3C2)cn1. The monoisotopic (exact) mass is 442 g/mol. The van der Waals surface area contributed by atoms with Crippen molar-refractivity contribution in [2.75, 3.05) is 6.54 Å². The van der Waals surface area contributed by atoms with Crippen LogP contribution < -0.4 is 4.74 Å². The molecule has 0 spiro atoms. The van der Waals surface area contributed by atoms with Gasteiger partial charge in [0.05, 0.1) is 29.7 Å². The predicted octanol–water partition coefficient (Wildman–Crippen LogP) is 3.77. The fourth-order valence-electron chi connectivity index (χ4n) is 3.55. The summed E-state index contributed by atoms with van der Waals surface area (Å²) in [5, 5.41) is 0. The fraction of sp³-hybridized carbons (Fsp3) is 0.167. The molecule has 0 N–H and O–H groups in total. The summed E-state index contributed by atoms with van der Waals surface area (Å²) in [5.74, 6) is 0.639. The van der Waals surface area contributed by atoms with Crippen molar-refractivity contribution >= 4 is 5.91 Å². The maximum atomic E-state index is 13.4. The van der Waals surface area contributed by atoms with Crippen molar-refractivity contribution in [1.29, 1.82) is 0 Å². The zero-order valence-electron chi connectivity index (χ0n) is 17.8. The van der Waals surface area contributed by atoms with Gasteiger partial charge in [-0.15, -0.1) is 0 Å². The second-order valence-corrected chi connectivity index (χ2v) is 7.60. The van der Waals surface area contributed by atoms with E-state index in [4.69, 9.17) is 9.72 Å². The number of halogens is 1. The van der Waals surface area contributed by atoms with Gasteiger partial charge in [-0.2, -0.15) is 4.98 Å². The molecule has 1 aromatic carbocycles. The van der Waals surface area contributed by atoms with Gasteiger partial charge < -0.3 is 9.64 Å². The summed E-state index contributed by atoms with van der Waals surface area (Å²) in [6, 6.07) is 9.36. The van der Waals surface area contributed by atoms with Crippen LogP contribution in [0, 0.1) is 12.7 Å². The lowest BCUT2D eigenvalue weighted by Crippen LogP contribution is -2.37. The lowest BCUT2D eigenvalue weighted by atomic mass is 10.1. The number of rotatable bonds is 4. The standard InChI is InChI=1S/C24H19FN6O2/c1-15-11-28-21(13-27-15)24(32)31-10-8-20-19(14-31)23(33-18-6-4-17(25)5-7-18)30-22(29-20)16-3-2-9-26-12-16/h2-7,9,11-13H,8,10,14H2,1H3. The second-order valence-electron chi connectivity index (χ2n) is 7.60. The molecule has 1 amide bonds. The first-order valence-electron chi connectivity index (χ1n) is 10.4. The topological polar surface area (TPSA) is 94.0 Å². The van der Waals surface area contributed by atoms with Crippen molar-refractivity contribution in [2.24, 2.45) is 0 Å². The van der Waals surface area contributed by atoms with Gasteiger partial charge in [-0.3, -0.25) is 14.8 Å². The summed E-state index contributed by atoms with van der Waals surface area (Å²) < 4.78 is 19.4. The number of ether oxygens (including phenoxy) is 1. The number of amides is 1. The summed E-state index contributed by atoms with van der Waals surface area (Å²) in [6.45, 7) is 2.54. The number of aromatic nitrogens is 5. The molecule has 0 aliphatic carbocycles. The molecular weight excluding hydrogens is 423 g/mol. The molecule has 9 heteroatoms. The lowest BCUT2D eigenvalue weighted by molar-refractivity contribution is 0.0725. The van der Waals surface area contributed by atoms with Crippen LogP contribution in [0.5, 0.6) is 11.6 Å². The number of hydrogen-bond donors (Lipinski definition) is 0. The third-order valence-corrected chi connectivity index (χ3v) is 5.26. The van der Waals surface area contributed by atoms with Crippen LogP contribution in [-0.4, -0.2) is 42.3 Å². The normalized spacial score (nSPS) is 12.8. The molecule has 1 aliphatic heterocycles. The van der Waals surface area contributed by atoms with Gasteiger partial charge in [0.2, 0.25) is 5.88 Å². The van der Waals surface area contributed by atoms with Crippen LogP contribution in [0.3, 0.4) is 0 Å². The third kappa shape index (κ3) is 4.38. The van der Waals surface area contributed by atoms with Gasteiger partial charge >= 0.3 is 0 Å². The molecule has 0 saturated carbocycles. The van der Waals surface area contributed by atoms with Gasteiger partial charge in [0.15, 0.2) is 5.82 Å². The summed E-state index contributed by atoms with van der Waals surface area (Å²) >= 11 is 0. The lowest BCUT2D eigenvalue weighted by Gasteiger charge is -2.29. The first kappa shape index (κ1) is 20.6. The molecule has 0 bridgehead atoms. The van der Waals surface area contributed by atoms with Crippen LogP contribution in [0.4, 0.5) is 4.39 Å². The van der Waals surface area contributed by atoms with Crippen LogP contribution >= 0.6 is 0 Å². The molecule has 0 radical (unpaired) electrons. The number of aryl methyl sites for hydroxylation is 1. The Kier molecular flexibility index (Phi) is 5.43. The highest BCUT2D eigenvalue weighted by Crippen LogP contribution is 2.32. The zero-order valence-corrected chi connectivity index (χ0v) is 17.8. The molecule has 0 fully saturated rings. The van der Waals surface area contributed by atoms with Gasteiger partial charge in [-0.1, -0.05) is 0 Å². The zero-order chi connectivity index (χ0) is 22.8. The minimum Gasteiger partial charge on any atom is -0.439 e. The number of carbonyl (C=O) groups is 1. The molecule has 4 heterocycles. The first-order valence-corrected chi connectivity index (χ1v) is 10.4. The summed E-state index contributed by atoms with van der Waals surface area (Å²) in [5.41, 5.74) is 3.25. The van der Waals surface area contributed by atoms with Gasteiger partial charge in [-0.25, -0.2) is 14.4 Å². The highest BCUT2D eigenvalue weighted by molar-refractivity contribution is 5.92. The Morgan fingerprint density at radius 1 is 1.06 bits per heavy atom. The quantitative estimate of drug-likeness (QED) is 0.475. The Morgan fingerprint density at radius 3 is 2.64 bits per heavy atom. The maximum Gasteiger partial charge on any atom is 0.274 e. The van der Waals surface area contributed by atoms with Gasteiger partial charge in [0.25, 0.3) is 5.91 Å². The molecular formula is C24H19FN6O2. The van der Waals surface area contributed by atoms with E-state index in [1.807, 2.05) is 19.1 Å². The molecule has 33 heavy (non-hydrogen) atoms. The van der Waals surface area contributed by atoms with Crippen molar-refractivity contribution in [2.45, 2.75) is 19.9 Å².